The number of fused-ring (bicyclic) bond motifs is 1. The average molecular weight is 1270 g/mol. The molecule has 0 radical (unpaired) electrons. The highest BCUT2D eigenvalue weighted by Gasteiger charge is 2.49. The molecule has 89 heavy (non-hydrogen) atoms. The van der Waals surface area contributed by atoms with Crippen LogP contribution in [0.15, 0.2) is 127 Å². The Morgan fingerprint density at radius 1 is 0.854 bits per heavy atom. The van der Waals surface area contributed by atoms with E-state index >= 15 is 13.6 Å². The molecule has 2 atom stereocenters. The van der Waals surface area contributed by atoms with E-state index in [1.165, 1.54) is 54.1 Å². The molecular formula is C61H60ClF4N9O13S. The maximum absolute atomic E-state index is 15.4. The van der Waals surface area contributed by atoms with Gasteiger partial charge in [-0.25, -0.2) is 31.0 Å². The minimum atomic E-state index is -3.60. The zero-order valence-corrected chi connectivity index (χ0v) is 49.5. The van der Waals surface area contributed by atoms with E-state index in [0.717, 1.165) is 21.9 Å². The summed E-state index contributed by atoms with van der Waals surface area (Å²) in [5, 5.41) is 12.8. The van der Waals surface area contributed by atoms with Crippen LogP contribution in [-0.2, 0) is 55.2 Å². The Bertz CT molecular complexity index is 3940. The first-order valence-corrected chi connectivity index (χ1v) is 30.0. The van der Waals surface area contributed by atoms with E-state index in [2.05, 4.69) is 20.0 Å². The number of aromatic nitrogens is 3. The number of benzene rings is 4. The number of hydrogen-bond acceptors (Lipinski definition) is 15. The molecular weight excluding hydrogens is 1210 g/mol. The minimum absolute atomic E-state index is 0.0251. The summed E-state index contributed by atoms with van der Waals surface area (Å²) in [6.45, 7) is 0.883. The quantitative estimate of drug-likeness (QED) is 0.0314. The van der Waals surface area contributed by atoms with Crippen LogP contribution in [-0.4, -0.2) is 148 Å². The van der Waals surface area contributed by atoms with Gasteiger partial charge in [-0.15, -0.1) is 0 Å². The SMILES string of the molecule is CCS(=O)(=O)Nc1ccc(Oc2cccc(OCCOCCOCCOCCOCC(=O)N3CC(=O)N(c4cc(C#N)ccn4)[C@H](C(=O)N(c4cc(F)cc(F)c4)C(C(=O)NC4CC(F)(F)C4)c4ccccc4Cl)C3)c2)c(-c2cn(C)c(=O)c3[nH]ccc23)c1. The van der Waals surface area contributed by atoms with Crippen molar-refractivity contribution in [1.82, 2.24) is 24.8 Å². The molecule has 4 heterocycles. The molecule has 1 aliphatic carbocycles. The Kier molecular flexibility index (Phi) is 21.0. The van der Waals surface area contributed by atoms with E-state index in [9.17, 15) is 41.6 Å². The number of hydrogen-bond donors (Lipinski definition) is 3. The number of nitrogens with one attached hydrogen (secondary N) is 3. The second-order valence-electron chi connectivity index (χ2n) is 20.6. The Labute approximate surface area is 512 Å². The monoisotopic (exact) mass is 1270 g/mol. The molecule has 1 saturated heterocycles. The van der Waals surface area contributed by atoms with E-state index in [4.69, 9.17) is 40.0 Å². The van der Waals surface area contributed by atoms with E-state index < -0.39 is 108 Å². The lowest BCUT2D eigenvalue weighted by Crippen LogP contribution is -2.65. The molecule has 0 spiro atoms. The second kappa shape index (κ2) is 28.9. The molecule has 9 rings (SSSR count). The third-order valence-electron chi connectivity index (χ3n) is 14.3. The number of nitriles is 1. The number of sulfonamides is 1. The largest absolute Gasteiger partial charge is 0.491 e. The zero-order chi connectivity index (χ0) is 63.4. The van der Waals surface area contributed by atoms with Gasteiger partial charge < -0.3 is 48.2 Å². The Morgan fingerprint density at radius 2 is 1.54 bits per heavy atom. The molecule has 0 bridgehead atoms. The van der Waals surface area contributed by atoms with Gasteiger partial charge in [0.15, 0.2) is 0 Å². The average Bonchev–Trinajstić information content (AvgIpc) is 1.69. The number of anilines is 3. The predicted molar refractivity (Wildman–Crippen MR) is 318 cm³/mol. The number of alkyl halides is 2. The smallest absolute Gasteiger partial charge is 0.274 e. The molecule has 28 heteroatoms. The fraction of sp³-hybridized carbons (Fsp3) is 0.328. The highest BCUT2D eigenvalue weighted by molar-refractivity contribution is 7.92. The molecule has 3 aromatic heterocycles. The van der Waals surface area contributed by atoms with Crippen molar-refractivity contribution in [2.45, 2.75) is 43.8 Å². The second-order valence-corrected chi connectivity index (χ2v) is 23.0. The van der Waals surface area contributed by atoms with Crippen molar-refractivity contribution in [2.24, 2.45) is 7.05 Å². The summed E-state index contributed by atoms with van der Waals surface area (Å²) < 4.78 is 122. The summed E-state index contributed by atoms with van der Waals surface area (Å²) in [7, 11) is -1.98. The van der Waals surface area contributed by atoms with Crippen LogP contribution in [0.1, 0.15) is 36.9 Å². The number of halogens is 5. The van der Waals surface area contributed by atoms with Gasteiger partial charge in [0.05, 0.1) is 75.9 Å². The Balaban J connectivity index is 0.745. The lowest BCUT2D eigenvalue weighted by molar-refractivity contribution is -0.143. The fourth-order valence-electron chi connectivity index (χ4n) is 9.95. The zero-order valence-electron chi connectivity index (χ0n) is 48.0. The number of carbonyl (C=O) groups excluding carboxylic acids is 4. The number of aryl methyl sites for hydroxylation is 1. The molecule has 1 saturated carbocycles. The number of nitrogens with zero attached hydrogens (tertiary/aromatic N) is 6. The summed E-state index contributed by atoms with van der Waals surface area (Å²) in [4.78, 5) is 80.4. The van der Waals surface area contributed by atoms with E-state index in [-0.39, 0.29) is 86.1 Å². The maximum Gasteiger partial charge on any atom is 0.274 e. The van der Waals surface area contributed by atoms with Crippen molar-refractivity contribution < 1.29 is 73.6 Å². The lowest BCUT2D eigenvalue weighted by Gasteiger charge is -2.43. The minimum Gasteiger partial charge on any atom is -0.491 e. The summed E-state index contributed by atoms with van der Waals surface area (Å²) in [5.74, 6) is -8.29. The molecule has 4 aromatic carbocycles. The number of ether oxygens (including phenoxy) is 6. The Hall–Kier alpha value is -8.91. The first-order chi connectivity index (χ1) is 42.7. The maximum atomic E-state index is 15.4. The third-order valence-corrected chi connectivity index (χ3v) is 15.9. The van der Waals surface area contributed by atoms with Crippen LogP contribution in [0, 0.1) is 23.0 Å². The fourth-order valence-corrected chi connectivity index (χ4v) is 10.8. The van der Waals surface area contributed by atoms with Crippen molar-refractivity contribution in [3.8, 4) is 34.4 Å². The highest BCUT2D eigenvalue weighted by Crippen LogP contribution is 2.41. The molecule has 7 aromatic rings. The number of piperazine rings is 1. The predicted octanol–water partition coefficient (Wildman–Crippen LogP) is 7.66. The lowest BCUT2D eigenvalue weighted by atomic mass is 9.87. The van der Waals surface area contributed by atoms with Gasteiger partial charge in [-0.05, 0) is 73.7 Å². The van der Waals surface area contributed by atoms with Crippen molar-refractivity contribution >= 4 is 73.3 Å². The summed E-state index contributed by atoms with van der Waals surface area (Å²) in [5.41, 5.74) is 1.05. The molecule has 1 aliphatic heterocycles. The van der Waals surface area contributed by atoms with Gasteiger partial charge in [0.1, 0.15) is 72.1 Å². The molecule has 3 N–H and O–H groups in total. The van der Waals surface area contributed by atoms with Crippen molar-refractivity contribution in [1.29, 1.82) is 5.26 Å². The van der Waals surface area contributed by atoms with Crippen LogP contribution >= 0.6 is 11.6 Å². The van der Waals surface area contributed by atoms with Gasteiger partial charge in [0, 0.05) is 89.4 Å². The molecule has 22 nitrogen and oxygen atoms in total. The van der Waals surface area contributed by atoms with Gasteiger partial charge in [-0.2, -0.15) is 5.26 Å². The van der Waals surface area contributed by atoms with Gasteiger partial charge >= 0.3 is 0 Å². The van der Waals surface area contributed by atoms with Crippen LogP contribution in [0.25, 0.3) is 22.0 Å². The number of aromatic amines is 1. The third kappa shape index (κ3) is 16.2. The number of H-pyrrole nitrogens is 1. The van der Waals surface area contributed by atoms with Gasteiger partial charge in [-0.3, -0.25) is 38.5 Å². The number of amides is 4. The van der Waals surface area contributed by atoms with Gasteiger partial charge in [0.2, 0.25) is 27.7 Å². The number of rotatable bonds is 28. The van der Waals surface area contributed by atoms with Crippen molar-refractivity contribution in [3.63, 3.8) is 0 Å². The van der Waals surface area contributed by atoms with Gasteiger partial charge in [-0.1, -0.05) is 35.9 Å². The first-order valence-electron chi connectivity index (χ1n) is 27.9. The molecule has 2 fully saturated rings. The summed E-state index contributed by atoms with van der Waals surface area (Å²) >= 11 is 6.62. The molecule has 1 unspecified atom stereocenters. The summed E-state index contributed by atoms with van der Waals surface area (Å²) in [6, 6.07) is 21.0. The molecule has 468 valence electrons. The Morgan fingerprint density at radius 3 is 2.22 bits per heavy atom. The highest BCUT2D eigenvalue weighted by atomic mass is 35.5. The van der Waals surface area contributed by atoms with Gasteiger partial charge in [0.25, 0.3) is 17.4 Å². The van der Waals surface area contributed by atoms with E-state index in [0.29, 0.717) is 55.9 Å². The van der Waals surface area contributed by atoms with Crippen LogP contribution in [0.3, 0.4) is 0 Å². The van der Waals surface area contributed by atoms with Crippen LogP contribution < -0.4 is 34.9 Å². The molecule has 2 aliphatic rings. The van der Waals surface area contributed by atoms with Crippen LogP contribution in [0.2, 0.25) is 5.02 Å². The van der Waals surface area contributed by atoms with E-state index in [1.54, 1.807) is 68.0 Å². The van der Waals surface area contributed by atoms with Crippen molar-refractivity contribution in [2.75, 3.05) is 92.8 Å². The molecule has 4 amide bonds. The standard InChI is InChI=1S/C61H60ClF4N9O13S/c1-3-89(81,82)71-41-11-12-52(48(29-41)49-34-72(2)60(80)56-46(49)14-16-69-56)88-45-8-6-7-44(30-45)87-24-23-85-20-19-83-17-18-84-21-22-86-37-55(77)73-35-51(75(54(76)36-73)53-25-38(33-67)13-15-68-53)59(79)74(43-27-39(63)26-40(64)28-43)57(47-9-4-5-10-50(47)62)58(78)70-42-31-61(65,66)32-42/h4-16,25-30,34,42,51,57,69,71H,3,17-24,31-32,35-37H2,1-2H3,(H,70,78)/t51-,57?/m0/s1. The summed E-state index contributed by atoms with van der Waals surface area (Å²) in [6.07, 6.45) is 3.07. The number of carbonyl (C=O) groups is 4. The topological polar surface area (TPSA) is 266 Å². The van der Waals surface area contributed by atoms with Crippen molar-refractivity contribution in [3.05, 3.63) is 160 Å². The number of pyridine rings is 2. The normalized spacial score (nSPS) is 15.3. The first kappa shape index (κ1) is 64.6. The van der Waals surface area contributed by atoms with Crippen LogP contribution in [0.4, 0.5) is 34.8 Å². The van der Waals surface area contributed by atoms with E-state index in [1.807, 2.05) is 6.07 Å². The van der Waals surface area contributed by atoms with Crippen LogP contribution in [0.5, 0.6) is 17.2 Å².